The van der Waals surface area contributed by atoms with E-state index in [0.717, 1.165) is 19.4 Å². The number of ether oxygens (including phenoxy) is 1. The summed E-state index contributed by atoms with van der Waals surface area (Å²) in [6.07, 6.45) is 3.57. The van der Waals surface area contributed by atoms with E-state index in [2.05, 4.69) is 25.2 Å². The number of aromatic nitrogens is 3. The Morgan fingerprint density at radius 2 is 2.23 bits per heavy atom. The third-order valence-corrected chi connectivity index (χ3v) is 4.84. The summed E-state index contributed by atoms with van der Waals surface area (Å²) in [5.74, 6) is 0.769. The zero-order valence-corrected chi connectivity index (χ0v) is 15.3. The van der Waals surface area contributed by atoms with E-state index in [9.17, 15) is 8.42 Å². The van der Waals surface area contributed by atoms with Crippen LogP contribution in [0.1, 0.15) is 18.4 Å². The van der Waals surface area contributed by atoms with Gasteiger partial charge in [-0.2, -0.15) is 4.98 Å². The van der Waals surface area contributed by atoms with E-state index in [4.69, 9.17) is 9.88 Å². The Hall–Kier alpha value is -2.30. The number of rotatable bonds is 7. The number of hydrogen-bond acceptors (Lipinski definition) is 8. The summed E-state index contributed by atoms with van der Waals surface area (Å²) in [6.45, 7) is 1.51. The van der Waals surface area contributed by atoms with Crippen LogP contribution in [0.25, 0.3) is 0 Å². The molecule has 0 amide bonds. The summed E-state index contributed by atoms with van der Waals surface area (Å²) in [4.78, 5) is 15.0. The first kappa shape index (κ1) is 18.5. The molecule has 2 heterocycles. The van der Waals surface area contributed by atoms with Crippen molar-refractivity contribution < 1.29 is 13.2 Å². The summed E-state index contributed by atoms with van der Waals surface area (Å²) in [5.41, 5.74) is 1.27. The number of nitrogens with zero attached hydrogens (tertiary/aromatic N) is 4. The van der Waals surface area contributed by atoms with E-state index in [-0.39, 0.29) is 11.8 Å². The SMILES string of the molecule is COC[C@@H]1CCCN1c1ncnc(Nc2cccc(CS(N)(=O)=O)c2)n1. The summed E-state index contributed by atoms with van der Waals surface area (Å²) >= 11 is 0. The molecule has 9 nitrogen and oxygen atoms in total. The lowest BCUT2D eigenvalue weighted by molar-refractivity contribution is 0.180. The predicted octanol–water partition coefficient (Wildman–Crippen LogP) is 1.02. The minimum absolute atomic E-state index is 0.225. The Morgan fingerprint density at radius 3 is 3.00 bits per heavy atom. The van der Waals surface area contributed by atoms with Gasteiger partial charge in [0.15, 0.2) is 0 Å². The highest BCUT2D eigenvalue weighted by Crippen LogP contribution is 2.23. The molecule has 0 spiro atoms. The minimum Gasteiger partial charge on any atom is -0.383 e. The molecule has 0 aliphatic carbocycles. The topological polar surface area (TPSA) is 123 Å². The molecule has 3 N–H and O–H groups in total. The van der Waals surface area contributed by atoms with Crippen LogP contribution in [-0.2, 0) is 20.5 Å². The van der Waals surface area contributed by atoms with Crippen molar-refractivity contribution in [1.29, 1.82) is 0 Å². The average Bonchev–Trinajstić information content (AvgIpc) is 3.02. The number of benzene rings is 1. The van der Waals surface area contributed by atoms with E-state index >= 15 is 0 Å². The maximum atomic E-state index is 11.3. The zero-order chi connectivity index (χ0) is 18.6. The van der Waals surface area contributed by atoms with Gasteiger partial charge in [0, 0.05) is 19.3 Å². The molecular weight excluding hydrogens is 356 g/mol. The standard InChI is InChI=1S/C16H22N6O3S/c1-25-9-14-6-3-7-22(14)16-19-11-18-15(21-16)20-13-5-2-4-12(8-13)10-26(17,23)24/h2,4-5,8,11,14H,3,6-7,9-10H2,1H3,(H2,17,23,24)(H,18,19,20,21)/t14-/m0/s1. The summed E-state index contributed by atoms with van der Waals surface area (Å²) in [5, 5.41) is 8.19. The Morgan fingerprint density at radius 1 is 1.38 bits per heavy atom. The number of methoxy groups -OCH3 is 1. The number of sulfonamides is 1. The number of anilines is 3. The quantitative estimate of drug-likeness (QED) is 0.732. The van der Waals surface area contributed by atoms with E-state index in [1.165, 1.54) is 6.33 Å². The lowest BCUT2D eigenvalue weighted by Crippen LogP contribution is -2.34. The lowest BCUT2D eigenvalue weighted by Gasteiger charge is -2.23. The minimum atomic E-state index is -3.58. The molecule has 1 aromatic heterocycles. The lowest BCUT2D eigenvalue weighted by atomic mass is 10.2. The van der Waals surface area contributed by atoms with Gasteiger partial charge in [0.25, 0.3) is 0 Å². The van der Waals surface area contributed by atoms with Crippen LogP contribution in [0.5, 0.6) is 0 Å². The fourth-order valence-corrected chi connectivity index (χ4v) is 3.70. The van der Waals surface area contributed by atoms with Crippen LogP contribution in [0, 0.1) is 0 Å². The molecule has 2 aromatic rings. The first-order valence-electron chi connectivity index (χ1n) is 8.25. The van der Waals surface area contributed by atoms with Gasteiger partial charge >= 0.3 is 0 Å². The predicted molar refractivity (Wildman–Crippen MR) is 98.6 cm³/mol. The third-order valence-electron chi connectivity index (χ3n) is 4.10. The molecule has 3 rings (SSSR count). The Kier molecular flexibility index (Phi) is 5.64. The van der Waals surface area contributed by atoms with Crippen molar-refractivity contribution in [3.05, 3.63) is 36.2 Å². The molecule has 1 aliphatic rings. The highest BCUT2D eigenvalue weighted by Gasteiger charge is 2.26. The Balaban J connectivity index is 1.76. The fraction of sp³-hybridized carbons (Fsp3) is 0.438. The normalized spacial score (nSPS) is 17.5. The summed E-state index contributed by atoms with van der Waals surface area (Å²) < 4.78 is 27.8. The highest BCUT2D eigenvalue weighted by molar-refractivity contribution is 7.88. The summed E-state index contributed by atoms with van der Waals surface area (Å²) in [7, 11) is -1.90. The van der Waals surface area contributed by atoms with Crippen LogP contribution in [0.2, 0.25) is 0 Å². The van der Waals surface area contributed by atoms with Crippen molar-refractivity contribution in [1.82, 2.24) is 15.0 Å². The molecule has 1 aliphatic heterocycles. The maximum absolute atomic E-state index is 11.3. The van der Waals surface area contributed by atoms with Crippen molar-refractivity contribution in [3.8, 4) is 0 Å². The second-order valence-electron chi connectivity index (χ2n) is 6.19. The zero-order valence-electron chi connectivity index (χ0n) is 14.5. The molecule has 0 radical (unpaired) electrons. The van der Waals surface area contributed by atoms with E-state index < -0.39 is 10.0 Å². The van der Waals surface area contributed by atoms with Gasteiger partial charge in [0.1, 0.15) is 6.33 Å². The molecule has 1 fully saturated rings. The van der Waals surface area contributed by atoms with E-state index in [1.54, 1.807) is 31.4 Å². The first-order chi connectivity index (χ1) is 12.4. The van der Waals surface area contributed by atoms with Crippen LogP contribution in [0.3, 0.4) is 0 Å². The molecule has 1 saturated heterocycles. The van der Waals surface area contributed by atoms with Gasteiger partial charge in [-0.05, 0) is 30.5 Å². The van der Waals surface area contributed by atoms with Crippen LogP contribution in [0.4, 0.5) is 17.6 Å². The van der Waals surface area contributed by atoms with Gasteiger partial charge < -0.3 is 15.0 Å². The molecule has 140 valence electrons. The van der Waals surface area contributed by atoms with Gasteiger partial charge in [-0.1, -0.05) is 12.1 Å². The number of primary sulfonamides is 1. The number of nitrogens with one attached hydrogen (secondary N) is 1. The first-order valence-corrected chi connectivity index (χ1v) is 9.97. The Labute approximate surface area is 152 Å². The average molecular weight is 378 g/mol. The Bertz CT molecular complexity index is 861. The van der Waals surface area contributed by atoms with Crippen molar-refractivity contribution in [2.75, 3.05) is 30.5 Å². The van der Waals surface area contributed by atoms with Crippen molar-refractivity contribution in [2.24, 2.45) is 5.14 Å². The van der Waals surface area contributed by atoms with Crippen molar-refractivity contribution in [2.45, 2.75) is 24.6 Å². The smallest absolute Gasteiger partial charge is 0.231 e. The van der Waals surface area contributed by atoms with Crippen LogP contribution < -0.4 is 15.4 Å². The highest BCUT2D eigenvalue weighted by atomic mass is 32.2. The molecule has 0 bridgehead atoms. The van der Waals surface area contributed by atoms with Gasteiger partial charge in [-0.25, -0.2) is 23.5 Å². The van der Waals surface area contributed by atoms with Crippen LogP contribution in [-0.4, -0.2) is 49.7 Å². The molecule has 0 unspecified atom stereocenters. The van der Waals surface area contributed by atoms with Gasteiger partial charge in [0.05, 0.1) is 18.4 Å². The molecule has 1 atom stereocenters. The molecule has 1 aromatic carbocycles. The maximum Gasteiger partial charge on any atom is 0.231 e. The van der Waals surface area contributed by atoms with Gasteiger partial charge in [-0.3, -0.25) is 0 Å². The van der Waals surface area contributed by atoms with Crippen molar-refractivity contribution >= 4 is 27.6 Å². The largest absolute Gasteiger partial charge is 0.383 e. The van der Waals surface area contributed by atoms with E-state index in [0.29, 0.717) is 29.8 Å². The number of nitrogens with two attached hydrogens (primary N) is 1. The summed E-state index contributed by atoms with van der Waals surface area (Å²) in [6, 6.07) is 7.22. The van der Waals surface area contributed by atoms with Gasteiger partial charge in [-0.15, -0.1) is 0 Å². The molecule has 26 heavy (non-hydrogen) atoms. The second-order valence-corrected chi connectivity index (χ2v) is 7.80. The van der Waals surface area contributed by atoms with Gasteiger partial charge in [0.2, 0.25) is 21.9 Å². The van der Waals surface area contributed by atoms with E-state index in [1.807, 2.05) is 0 Å². The fourth-order valence-electron chi connectivity index (χ4n) is 3.05. The second kappa shape index (κ2) is 7.94. The van der Waals surface area contributed by atoms with Crippen LogP contribution in [0.15, 0.2) is 30.6 Å². The molecule has 10 heteroatoms. The molecular formula is C16H22N6O3S. The third kappa shape index (κ3) is 4.87. The number of hydrogen-bond donors (Lipinski definition) is 2. The molecule has 0 saturated carbocycles. The van der Waals surface area contributed by atoms with Crippen molar-refractivity contribution in [3.63, 3.8) is 0 Å². The van der Waals surface area contributed by atoms with Crippen LogP contribution >= 0.6 is 0 Å². The monoisotopic (exact) mass is 378 g/mol.